The van der Waals surface area contributed by atoms with Crippen LogP contribution in [0.15, 0.2) is 24.5 Å². The summed E-state index contributed by atoms with van der Waals surface area (Å²) in [4.78, 5) is 6.48. The van der Waals surface area contributed by atoms with E-state index in [0.29, 0.717) is 0 Å². The molecule has 0 aromatic carbocycles. The highest BCUT2D eigenvalue weighted by atomic mass is 15.1. The van der Waals surface area contributed by atoms with Crippen LogP contribution >= 0.6 is 0 Å². The Balaban J connectivity index is 1.60. The maximum absolute atomic E-state index is 4.05. The van der Waals surface area contributed by atoms with E-state index in [2.05, 4.69) is 41.3 Å². The van der Waals surface area contributed by atoms with Crippen molar-refractivity contribution in [3.63, 3.8) is 0 Å². The molecule has 1 fully saturated rings. The molecule has 1 heterocycles. The van der Waals surface area contributed by atoms with Crippen molar-refractivity contribution in [2.75, 3.05) is 26.7 Å². The molecule has 18 heavy (non-hydrogen) atoms. The average molecular weight is 247 g/mol. The van der Waals surface area contributed by atoms with Crippen molar-refractivity contribution in [1.82, 2.24) is 15.2 Å². The van der Waals surface area contributed by atoms with E-state index in [1.807, 2.05) is 12.4 Å². The Hall–Kier alpha value is -0.930. The van der Waals surface area contributed by atoms with Crippen molar-refractivity contribution < 1.29 is 0 Å². The van der Waals surface area contributed by atoms with Crippen molar-refractivity contribution in [3.8, 4) is 0 Å². The molecular weight excluding hydrogens is 222 g/mol. The zero-order valence-electron chi connectivity index (χ0n) is 11.6. The molecule has 1 aromatic heterocycles. The van der Waals surface area contributed by atoms with E-state index >= 15 is 0 Å². The van der Waals surface area contributed by atoms with Crippen LogP contribution in [0.25, 0.3) is 0 Å². The van der Waals surface area contributed by atoms with Crippen molar-refractivity contribution in [2.24, 2.45) is 5.92 Å². The number of hydrogen-bond acceptors (Lipinski definition) is 3. The van der Waals surface area contributed by atoms with Crippen LogP contribution in [-0.2, 0) is 6.42 Å². The zero-order valence-corrected chi connectivity index (χ0v) is 11.6. The minimum atomic E-state index is 0.730. The molecule has 1 unspecified atom stereocenters. The lowest BCUT2D eigenvalue weighted by Gasteiger charge is -2.21. The molecule has 1 aromatic rings. The van der Waals surface area contributed by atoms with E-state index in [1.54, 1.807) is 0 Å². The van der Waals surface area contributed by atoms with Gasteiger partial charge in [-0.25, -0.2) is 0 Å². The first-order valence-electron chi connectivity index (χ1n) is 7.05. The fourth-order valence-electron chi connectivity index (χ4n) is 2.21. The Morgan fingerprint density at radius 3 is 2.78 bits per heavy atom. The van der Waals surface area contributed by atoms with Crippen LogP contribution < -0.4 is 5.32 Å². The van der Waals surface area contributed by atoms with Gasteiger partial charge in [0.25, 0.3) is 0 Å². The molecule has 0 bridgehead atoms. The summed E-state index contributed by atoms with van der Waals surface area (Å²) < 4.78 is 0. The third kappa shape index (κ3) is 5.15. The van der Waals surface area contributed by atoms with Gasteiger partial charge in [0.2, 0.25) is 0 Å². The average Bonchev–Trinajstić information content (AvgIpc) is 3.19. The molecule has 2 rings (SSSR count). The van der Waals surface area contributed by atoms with Gasteiger partial charge in [0.05, 0.1) is 0 Å². The van der Waals surface area contributed by atoms with Crippen molar-refractivity contribution in [3.05, 3.63) is 30.1 Å². The summed E-state index contributed by atoms with van der Waals surface area (Å²) in [7, 11) is 2.22. The smallest absolute Gasteiger partial charge is 0.0270 e. The Morgan fingerprint density at radius 2 is 2.11 bits per heavy atom. The molecule has 100 valence electrons. The molecule has 0 radical (unpaired) electrons. The predicted octanol–water partition coefficient (Wildman–Crippen LogP) is 1.94. The summed E-state index contributed by atoms with van der Waals surface area (Å²) >= 11 is 0. The fourth-order valence-corrected chi connectivity index (χ4v) is 2.21. The lowest BCUT2D eigenvalue weighted by atomic mass is 10.1. The minimum Gasteiger partial charge on any atom is -0.314 e. The first kappa shape index (κ1) is 13.5. The summed E-state index contributed by atoms with van der Waals surface area (Å²) in [5, 5.41) is 3.60. The van der Waals surface area contributed by atoms with E-state index in [-0.39, 0.29) is 0 Å². The zero-order chi connectivity index (χ0) is 12.8. The van der Waals surface area contributed by atoms with Gasteiger partial charge in [-0.15, -0.1) is 0 Å². The van der Waals surface area contributed by atoms with Gasteiger partial charge in [0.1, 0.15) is 0 Å². The highest BCUT2D eigenvalue weighted by molar-refractivity contribution is 5.09. The summed E-state index contributed by atoms with van der Waals surface area (Å²) in [6.45, 7) is 5.78. The van der Waals surface area contributed by atoms with E-state index in [4.69, 9.17) is 0 Å². The standard InChI is InChI=1S/C15H25N3/c1-13(11-17-15-3-4-15)12-18(2)10-7-14-5-8-16-9-6-14/h5-6,8-9,13,15,17H,3-4,7,10-12H2,1-2H3. The van der Waals surface area contributed by atoms with Gasteiger partial charge in [-0.3, -0.25) is 4.98 Å². The van der Waals surface area contributed by atoms with Crippen molar-refractivity contribution in [2.45, 2.75) is 32.2 Å². The van der Waals surface area contributed by atoms with Crippen LogP contribution in [0.1, 0.15) is 25.3 Å². The van der Waals surface area contributed by atoms with Gasteiger partial charge >= 0.3 is 0 Å². The second-order valence-electron chi connectivity index (χ2n) is 5.66. The molecule has 1 saturated carbocycles. The van der Waals surface area contributed by atoms with E-state index in [0.717, 1.165) is 31.5 Å². The van der Waals surface area contributed by atoms with Gasteiger partial charge < -0.3 is 10.2 Å². The van der Waals surface area contributed by atoms with Crippen molar-refractivity contribution in [1.29, 1.82) is 0 Å². The molecule has 3 nitrogen and oxygen atoms in total. The first-order valence-corrected chi connectivity index (χ1v) is 7.05. The number of hydrogen-bond donors (Lipinski definition) is 1. The Labute approximate surface area is 111 Å². The summed E-state index contributed by atoms with van der Waals surface area (Å²) in [6, 6.07) is 5.03. The SMILES string of the molecule is CC(CNC1CC1)CN(C)CCc1ccncc1. The van der Waals surface area contributed by atoms with Gasteiger partial charge in [0.15, 0.2) is 0 Å². The number of pyridine rings is 1. The third-order valence-electron chi connectivity index (χ3n) is 3.49. The molecule has 1 aliphatic carbocycles. The van der Waals surface area contributed by atoms with Crippen LogP contribution in [0.5, 0.6) is 0 Å². The molecular formula is C15H25N3. The molecule has 1 atom stereocenters. The quantitative estimate of drug-likeness (QED) is 0.761. The van der Waals surface area contributed by atoms with Crippen LogP contribution in [0.4, 0.5) is 0 Å². The number of nitrogens with zero attached hydrogens (tertiary/aromatic N) is 2. The van der Waals surface area contributed by atoms with E-state index < -0.39 is 0 Å². The summed E-state index contributed by atoms with van der Waals surface area (Å²) in [5.74, 6) is 0.730. The number of likely N-dealkylation sites (N-methyl/N-ethyl adjacent to an activating group) is 1. The predicted molar refractivity (Wildman–Crippen MR) is 75.6 cm³/mol. The molecule has 1 aliphatic rings. The molecule has 0 aliphatic heterocycles. The monoisotopic (exact) mass is 247 g/mol. The van der Waals surface area contributed by atoms with Crippen LogP contribution in [0, 0.1) is 5.92 Å². The Bertz CT molecular complexity index is 335. The van der Waals surface area contributed by atoms with Gasteiger partial charge in [-0.1, -0.05) is 6.92 Å². The maximum Gasteiger partial charge on any atom is 0.0270 e. The second-order valence-corrected chi connectivity index (χ2v) is 5.66. The largest absolute Gasteiger partial charge is 0.314 e. The van der Waals surface area contributed by atoms with Gasteiger partial charge in [-0.05, 0) is 56.5 Å². The van der Waals surface area contributed by atoms with E-state index in [1.165, 1.54) is 24.9 Å². The van der Waals surface area contributed by atoms with Gasteiger partial charge in [-0.2, -0.15) is 0 Å². The third-order valence-corrected chi connectivity index (χ3v) is 3.49. The molecule has 0 saturated heterocycles. The minimum absolute atomic E-state index is 0.730. The number of rotatable bonds is 8. The Morgan fingerprint density at radius 1 is 1.39 bits per heavy atom. The number of nitrogens with one attached hydrogen (secondary N) is 1. The lowest BCUT2D eigenvalue weighted by molar-refractivity contribution is 0.283. The normalized spacial score (nSPS) is 17.1. The summed E-state index contributed by atoms with van der Waals surface area (Å²) in [6.07, 6.45) is 7.62. The first-order chi connectivity index (χ1) is 8.74. The maximum atomic E-state index is 4.05. The van der Waals surface area contributed by atoms with Crippen molar-refractivity contribution >= 4 is 0 Å². The Kier molecular flexibility index (Phi) is 5.14. The molecule has 0 amide bonds. The van der Waals surface area contributed by atoms with Crippen LogP contribution in [0.3, 0.4) is 0 Å². The highest BCUT2D eigenvalue weighted by Gasteiger charge is 2.20. The summed E-state index contributed by atoms with van der Waals surface area (Å²) in [5.41, 5.74) is 1.38. The lowest BCUT2D eigenvalue weighted by Crippen LogP contribution is -2.32. The molecule has 3 heteroatoms. The topological polar surface area (TPSA) is 28.2 Å². The highest BCUT2D eigenvalue weighted by Crippen LogP contribution is 2.18. The fraction of sp³-hybridized carbons (Fsp3) is 0.667. The van der Waals surface area contributed by atoms with Crippen LogP contribution in [-0.4, -0.2) is 42.6 Å². The van der Waals surface area contributed by atoms with Gasteiger partial charge in [0, 0.05) is 31.5 Å². The van der Waals surface area contributed by atoms with E-state index in [9.17, 15) is 0 Å². The molecule has 1 N–H and O–H groups in total. The molecule has 0 spiro atoms. The second kappa shape index (κ2) is 6.86. The van der Waals surface area contributed by atoms with Crippen LogP contribution in [0.2, 0.25) is 0 Å². The number of aromatic nitrogens is 1.